The summed E-state index contributed by atoms with van der Waals surface area (Å²) in [6.07, 6.45) is 68.3. The summed E-state index contributed by atoms with van der Waals surface area (Å²) in [6, 6.07) is 0. The van der Waals surface area contributed by atoms with Gasteiger partial charge in [-0.2, -0.15) is 0 Å². The third-order valence-corrected chi connectivity index (χ3v) is 16.5. The van der Waals surface area contributed by atoms with Crippen LogP contribution in [-0.2, 0) is 28.6 Å². The molecule has 0 radical (unpaired) electrons. The molecule has 6 nitrogen and oxygen atoms in total. The molecule has 6 heteroatoms. The lowest BCUT2D eigenvalue weighted by Crippen LogP contribution is -2.30. The number of esters is 3. The molecule has 0 saturated heterocycles. The van der Waals surface area contributed by atoms with Gasteiger partial charge >= 0.3 is 17.9 Å². The number of carbonyl (C=O) groups excluding carboxylic acids is 3. The highest BCUT2D eigenvalue weighted by atomic mass is 16.6. The van der Waals surface area contributed by atoms with Crippen molar-refractivity contribution in [3.8, 4) is 0 Å². The Bertz CT molecular complexity index is 1180. The second-order valence-electron chi connectivity index (χ2n) is 25.4. The van der Waals surface area contributed by atoms with Gasteiger partial charge in [0.1, 0.15) is 13.2 Å². The molecule has 0 spiro atoms. The average molecular weight is 1070 g/mol. The zero-order valence-corrected chi connectivity index (χ0v) is 52.6. The summed E-state index contributed by atoms with van der Waals surface area (Å²) in [5, 5.41) is 0. The average Bonchev–Trinajstić information content (AvgIpc) is 3.40. The first-order chi connectivity index (χ1) is 37.1. The second kappa shape index (κ2) is 61.0. The van der Waals surface area contributed by atoms with Gasteiger partial charge < -0.3 is 14.2 Å². The van der Waals surface area contributed by atoms with E-state index >= 15 is 0 Å². The van der Waals surface area contributed by atoms with E-state index in [1.807, 2.05) is 0 Å². The first-order valence-corrected chi connectivity index (χ1v) is 34.6. The number of unbranched alkanes of at least 4 members (excludes halogenated alkanes) is 45. The fourth-order valence-corrected chi connectivity index (χ4v) is 10.9. The van der Waals surface area contributed by atoms with E-state index in [-0.39, 0.29) is 31.1 Å². The molecule has 2 atom stereocenters. The molecule has 0 fully saturated rings. The lowest BCUT2D eigenvalue weighted by molar-refractivity contribution is -0.167. The third kappa shape index (κ3) is 61.6. The van der Waals surface area contributed by atoms with Crippen molar-refractivity contribution in [2.24, 2.45) is 17.8 Å². The van der Waals surface area contributed by atoms with E-state index in [1.165, 1.54) is 276 Å². The number of carbonyl (C=O) groups is 3. The molecule has 1 unspecified atom stereocenters. The minimum absolute atomic E-state index is 0.0620. The Morgan fingerprint density at radius 3 is 0.684 bits per heavy atom. The maximum absolute atomic E-state index is 12.9. The first-order valence-electron chi connectivity index (χ1n) is 34.6. The van der Waals surface area contributed by atoms with Gasteiger partial charge in [0.2, 0.25) is 0 Å². The van der Waals surface area contributed by atoms with E-state index in [2.05, 4.69) is 41.5 Å². The van der Waals surface area contributed by atoms with Crippen molar-refractivity contribution in [3.05, 3.63) is 0 Å². The molecule has 0 amide bonds. The minimum Gasteiger partial charge on any atom is -0.462 e. The summed E-state index contributed by atoms with van der Waals surface area (Å²) in [4.78, 5) is 38.4. The molecule has 0 aliphatic heterocycles. The van der Waals surface area contributed by atoms with Crippen LogP contribution in [0.15, 0.2) is 0 Å². The molecule has 0 bridgehead atoms. The van der Waals surface area contributed by atoms with Crippen LogP contribution in [0.2, 0.25) is 0 Å². The number of ether oxygens (including phenoxy) is 3. The number of rotatable bonds is 63. The molecule has 0 N–H and O–H groups in total. The summed E-state index contributed by atoms with van der Waals surface area (Å²) in [7, 11) is 0. The summed E-state index contributed by atoms with van der Waals surface area (Å²) < 4.78 is 17.0. The molecule has 76 heavy (non-hydrogen) atoms. The van der Waals surface area contributed by atoms with Crippen LogP contribution in [0, 0.1) is 17.8 Å². The van der Waals surface area contributed by atoms with Crippen LogP contribution < -0.4 is 0 Å². The van der Waals surface area contributed by atoms with Crippen molar-refractivity contribution < 1.29 is 28.6 Å². The van der Waals surface area contributed by atoms with Crippen LogP contribution in [0.4, 0.5) is 0 Å². The fraction of sp³-hybridized carbons (Fsp3) is 0.957. The molecule has 0 aliphatic carbocycles. The van der Waals surface area contributed by atoms with Gasteiger partial charge in [-0.15, -0.1) is 0 Å². The topological polar surface area (TPSA) is 78.9 Å². The monoisotopic (exact) mass is 1070 g/mol. The van der Waals surface area contributed by atoms with Crippen molar-refractivity contribution >= 4 is 17.9 Å². The van der Waals surface area contributed by atoms with E-state index in [9.17, 15) is 14.4 Å². The largest absolute Gasteiger partial charge is 0.462 e. The lowest BCUT2D eigenvalue weighted by Gasteiger charge is -2.18. The summed E-state index contributed by atoms with van der Waals surface area (Å²) in [6.45, 7) is 13.9. The van der Waals surface area contributed by atoms with Gasteiger partial charge in [0.05, 0.1) is 0 Å². The van der Waals surface area contributed by atoms with Crippen molar-refractivity contribution in [2.45, 2.75) is 401 Å². The highest BCUT2D eigenvalue weighted by Gasteiger charge is 2.20. The quantitative estimate of drug-likeness (QED) is 0.0343. The zero-order valence-electron chi connectivity index (χ0n) is 52.6. The lowest BCUT2D eigenvalue weighted by atomic mass is 9.99. The molecule has 0 aromatic carbocycles. The Morgan fingerprint density at radius 2 is 0.461 bits per heavy atom. The van der Waals surface area contributed by atoms with Crippen molar-refractivity contribution in [1.29, 1.82) is 0 Å². The number of hydrogen-bond donors (Lipinski definition) is 0. The van der Waals surface area contributed by atoms with Crippen LogP contribution in [0.3, 0.4) is 0 Å². The molecule has 452 valence electrons. The van der Waals surface area contributed by atoms with E-state index in [0.29, 0.717) is 19.3 Å². The molecule has 0 heterocycles. The smallest absolute Gasteiger partial charge is 0.306 e. The first kappa shape index (κ1) is 74.4. The summed E-state index contributed by atoms with van der Waals surface area (Å²) in [5.74, 6) is 1.77. The Morgan fingerprint density at radius 1 is 0.263 bits per heavy atom. The maximum atomic E-state index is 12.9. The van der Waals surface area contributed by atoms with Crippen LogP contribution in [0.1, 0.15) is 395 Å². The standard InChI is InChI=1S/C70H136O6/c1-7-66(6)58-52-46-40-34-28-21-17-13-9-11-14-18-22-29-35-41-47-53-59-68(71)74-62-67(63-75-69(72)60-54-48-42-36-30-25-24-27-33-39-45-51-57-65(4)5)76-70(73)61-55-49-43-37-31-23-19-15-10-8-12-16-20-26-32-38-44-50-56-64(2)3/h64-67H,7-63H2,1-6H3/t66?,67-/m1/s1. The van der Waals surface area contributed by atoms with Crippen LogP contribution in [0.5, 0.6) is 0 Å². The normalized spacial score (nSPS) is 12.5. The minimum atomic E-state index is -0.765. The van der Waals surface area contributed by atoms with Gasteiger partial charge in [-0.1, -0.05) is 356 Å². The molecule has 0 aliphatic rings. The molecular weight excluding hydrogens is 937 g/mol. The molecular formula is C70H136O6. The van der Waals surface area contributed by atoms with E-state index < -0.39 is 6.10 Å². The third-order valence-electron chi connectivity index (χ3n) is 16.5. The SMILES string of the molecule is CCC(C)CCCCCCCCCCCCCCCCCCCCC(=O)OC[C@H](COC(=O)CCCCCCCCCCCCCCC(C)C)OC(=O)CCCCCCCCCCCCCCCCCCCCC(C)C. The number of hydrogen-bond acceptors (Lipinski definition) is 6. The highest BCUT2D eigenvalue weighted by molar-refractivity contribution is 5.71. The molecule has 0 rings (SSSR count). The molecule has 0 aromatic heterocycles. The van der Waals surface area contributed by atoms with Crippen LogP contribution in [-0.4, -0.2) is 37.2 Å². The maximum Gasteiger partial charge on any atom is 0.306 e. The zero-order chi connectivity index (χ0) is 55.5. The Balaban J connectivity index is 4.26. The molecule has 0 saturated carbocycles. The second-order valence-corrected chi connectivity index (χ2v) is 25.4. The van der Waals surface area contributed by atoms with Crippen LogP contribution in [0.25, 0.3) is 0 Å². The Kier molecular flexibility index (Phi) is 59.8. The van der Waals surface area contributed by atoms with Gasteiger partial charge in [-0.3, -0.25) is 14.4 Å². The van der Waals surface area contributed by atoms with Gasteiger partial charge in [0, 0.05) is 19.3 Å². The predicted octanol–water partition coefficient (Wildman–Crippen LogP) is 23.4. The van der Waals surface area contributed by atoms with Crippen molar-refractivity contribution in [2.75, 3.05) is 13.2 Å². The highest BCUT2D eigenvalue weighted by Crippen LogP contribution is 2.20. The van der Waals surface area contributed by atoms with Gasteiger partial charge in [-0.05, 0) is 37.0 Å². The van der Waals surface area contributed by atoms with E-state index in [0.717, 1.165) is 75.5 Å². The predicted molar refractivity (Wildman–Crippen MR) is 330 cm³/mol. The van der Waals surface area contributed by atoms with Crippen molar-refractivity contribution in [3.63, 3.8) is 0 Å². The Hall–Kier alpha value is -1.59. The summed E-state index contributed by atoms with van der Waals surface area (Å²) >= 11 is 0. The van der Waals surface area contributed by atoms with Gasteiger partial charge in [0.25, 0.3) is 0 Å². The van der Waals surface area contributed by atoms with Crippen molar-refractivity contribution in [1.82, 2.24) is 0 Å². The van der Waals surface area contributed by atoms with Gasteiger partial charge in [-0.25, -0.2) is 0 Å². The summed E-state index contributed by atoms with van der Waals surface area (Å²) in [5.41, 5.74) is 0. The molecule has 0 aromatic rings. The van der Waals surface area contributed by atoms with Crippen LogP contribution >= 0.6 is 0 Å². The van der Waals surface area contributed by atoms with E-state index in [4.69, 9.17) is 14.2 Å². The fourth-order valence-electron chi connectivity index (χ4n) is 10.9. The Labute approximate surface area is 476 Å². The van der Waals surface area contributed by atoms with Gasteiger partial charge in [0.15, 0.2) is 6.10 Å². The van der Waals surface area contributed by atoms with E-state index in [1.54, 1.807) is 0 Å².